The van der Waals surface area contributed by atoms with Crippen LogP contribution in [0.4, 0.5) is 0 Å². The highest BCUT2D eigenvalue weighted by Crippen LogP contribution is 2.37. The Labute approximate surface area is 73.8 Å². The molecule has 0 aliphatic heterocycles. The SMILES string of the molecule is CC1=C2C(=O)CCCC2CCC1. The van der Waals surface area contributed by atoms with Gasteiger partial charge in [0.15, 0.2) is 5.78 Å². The molecule has 2 aliphatic rings. The van der Waals surface area contributed by atoms with Crippen LogP contribution in [0.25, 0.3) is 0 Å². The van der Waals surface area contributed by atoms with Crippen LogP contribution in [0, 0.1) is 5.92 Å². The maximum atomic E-state index is 11.6. The molecular weight excluding hydrogens is 148 g/mol. The average molecular weight is 164 g/mol. The first kappa shape index (κ1) is 8.03. The Morgan fingerprint density at radius 1 is 1.17 bits per heavy atom. The minimum atomic E-state index is 0.448. The lowest BCUT2D eigenvalue weighted by Crippen LogP contribution is -2.23. The van der Waals surface area contributed by atoms with E-state index < -0.39 is 0 Å². The van der Waals surface area contributed by atoms with E-state index in [4.69, 9.17) is 0 Å². The predicted molar refractivity (Wildman–Crippen MR) is 48.9 cm³/mol. The number of fused-ring (bicyclic) bond motifs is 1. The van der Waals surface area contributed by atoms with E-state index >= 15 is 0 Å². The zero-order valence-corrected chi connectivity index (χ0v) is 7.73. The molecule has 0 amide bonds. The number of hydrogen-bond donors (Lipinski definition) is 0. The molecule has 0 N–H and O–H groups in total. The Morgan fingerprint density at radius 3 is 2.50 bits per heavy atom. The van der Waals surface area contributed by atoms with Crippen molar-refractivity contribution in [3.05, 3.63) is 11.1 Å². The van der Waals surface area contributed by atoms with Crippen LogP contribution in [0.15, 0.2) is 11.1 Å². The number of carbonyl (C=O) groups is 1. The summed E-state index contributed by atoms with van der Waals surface area (Å²) in [5.74, 6) is 1.09. The van der Waals surface area contributed by atoms with Gasteiger partial charge in [-0.25, -0.2) is 0 Å². The van der Waals surface area contributed by atoms with Gasteiger partial charge in [-0.2, -0.15) is 0 Å². The van der Waals surface area contributed by atoms with Crippen LogP contribution < -0.4 is 0 Å². The number of Topliss-reactive ketones (excluding diaryl/α,β-unsaturated/α-hetero) is 1. The van der Waals surface area contributed by atoms with Crippen molar-refractivity contribution < 1.29 is 4.79 Å². The van der Waals surface area contributed by atoms with Gasteiger partial charge in [0.25, 0.3) is 0 Å². The quantitative estimate of drug-likeness (QED) is 0.538. The molecule has 2 rings (SSSR count). The number of rotatable bonds is 0. The lowest BCUT2D eigenvalue weighted by Gasteiger charge is -2.30. The zero-order valence-electron chi connectivity index (χ0n) is 7.73. The summed E-state index contributed by atoms with van der Waals surface area (Å²) in [6.07, 6.45) is 6.92. The molecule has 0 radical (unpaired) electrons. The third-order valence-electron chi connectivity index (χ3n) is 3.23. The van der Waals surface area contributed by atoms with Crippen LogP contribution in [0.3, 0.4) is 0 Å². The van der Waals surface area contributed by atoms with Gasteiger partial charge in [0.1, 0.15) is 0 Å². The molecule has 1 atom stereocenters. The van der Waals surface area contributed by atoms with Gasteiger partial charge in [-0.1, -0.05) is 5.57 Å². The lowest BCUT2D eigenvalue weighted by atomic mass is 9.74. The van der Waals surface area contributed by atoms with E-state index in [9.17, 15) is 4.79 Å². The van der Waals surface area contributed by atoms with E-state index in [1.165, 1.54) is 30.4 Å². The molecule has 66 valence electrons. The van der Waals surface area contributed by atoms with Crippen molar-refractivity contribution in [2.45, 2.75) is 45.4 Å². The molecule has 0 saturated heterocycles. The van der Waals surface area contributed by atoms with Crippen molar-refractivity contribution in [1.82, 2.24) is 0 Å². The lowest BCUT2D eigenvalue weighted by molar-refractivity contribution is -0.117. The first-order valence-electron chi connectivity index (χ1n) is 5.02. The van der Waals surface area contributed by atoms with Crippen molar-refractivity contribution in [2.75, 3.05) is 0 Å². The summed E-state index contributed by atoms with van der Waals surface area (Å²) < 4.78 is 0. The maximum absolute atomic E-state index is 11.6. The summed E-state index contributed by atoms with van der Waals surface area (Å²) >= 11 is 0. The smallest absolute Gasteiger partial charge is 0.159 e. The third kappa shape index (κ3) is 1.21. The first-order chi connectivity index (χ1) is 5.79. The van der Waals surface area contributed by atoms with E-state index in [2.05, 4.69) is 6.92 Å². The fraction of sp³-hybridized carbons (Fsp3) is 0.727. The second kappa shape index (κ2) is 3.04. The van der Waals surface area contributed by atoms with Crippen LogP contribution >= 0.6 is 0 Å². The van der Waals surface area contributed by atoms with E-state index in [-0.39, 0.29) is 0 Å². The third-order valence-corrected chi connectivity index (χ3v) is 3.23. The van der Waals surface area contributed by atoms with Gasteiger partial charge in [0.2, 0.25) is 0 Å². The molecule has 1 unspecified atom stereocenters. The molecule has 0 bridgehead atoms. The molecule has 1 saturated carbocycles. The van der Waals surface area contributed by atoms with Crippen LogP contribution in [-0.2, 0) is 4.79 Å². The Hall–Kier alpha value is -0.590. The van der Waals surface area contributed by atoms with Crippen LogP contribution in [0.5, 0.6) is 0 Å². The van der Waals surface area contributed by atoms with Crippen molar-refractivity contribution in [3.63, 3.8) is 0 Å². The summed E-state index contributed by atoms with van der Waals surface area (Å²) in [6.45, 7) is 2.14. The number of carbonyl (C=O) groups excluding carboxylic acids is 1. The van der Waals surface area contributed by atoms with Crippen LogP contribution in [-0.4, -0.2) is 5.78 Å². The van der Waals surface area contributed by atoms with Crippen molar-refractivity contribution >= 4 is 5.78 Å². The molecular formula is C11H16O. The topological polar surface area (TPSA) is 17.1 Å². The van der Waals surface area contributed by atoms with Crippen molar-refractivity contribution in [2.24, 2.45) is 5.92 Å². The van der Waals surface area contributed by atoms with Gasteiger partial charge in [-0.3, -0.25) is 4.79 Å². The molecule has 0 aromatic carbocycles. The largest absolute Gasteiger partial charge is 0.295 e. The normalized spacial score (nSPS) is 30.4. The molecule has 0 aromatic heterocycles. The first-order valence-corrected chi connectivity index (χ1v) is 5.02. The Kier molecular flexibility index (Phi) is 2.03. The fourth-order valence-corrected chi connectivity index (χ4v) is 2.64. The van der Waals surface area contributed by atoms with E-state index in [0.29, 0.717) is 11.7 Å². The molecule has 1 nitrogen and oxygen atoms in total. The molecule has 2 aliphatic carbocycles. The predicted octanol–water partition coefficient (Wildman–Crippen LogP) is 2.86. The van der Waals surface area contributed by atoms with Gasteiger partial charge in [0, 0.05) is 6.42 Å². The highest BCUT2D eigenvalue weighted by molar-refractivity contribution is 5.97. The number of hydrogen-bond acceptors (Lipinski definition) is 1. The van der Waals surface area contributed by atoms with Gasteiger partial charge < -0.3 is 0 Å². The number of ketones is 1. The van der Waals surface area contributed by atoms with Gasteiger partial charge in [0.05, 0.1) is 0 Å². The Morgan fingerprint density at radius 2 is 1.83 bits per heavy atom. The zero-order chi connectivity index (χ0) is 8.55. The van der Waals surface area contributed by atoms with Crippen molar-refractivity contribution in [3.8, 4) is 0 Å². The molecule has 12 heavy (non-hydrogen) atoms. The fourth-order valence-electron chi connectivity index (χ4n) is 2.64. The van der Waals surface area contributed by atoms with E-state index in [1.54, 1.807) is 0 Å². The van der Waals surface area contributed by atoms with E-state index in [1.807, 2.05) is 0 Å². The van der Waals surface area contributed by atoms with Gasteiger partial charge in [-0.05, 0) is 50.5 Å². The summed E-state index contributed by atoms with van der Waals surface area (Å²) in [5.41, 5.74) is 2.60. The maximum Gasteiger partial charge on any atom is 0.159 e. The van der Waals surface area contributed by atoms with Crippen LogP contribution in [0.1, 0.15) is 45.4 Å². The van der Waals surface area contributed by atoms with Gasteiger partial charge in [-0.15, -0.1) is 0 Å². The van der Waals surface area contributed by atoms with E-state index in [0.717, 1.165) is 19.3 Å². The van der Waals surface area contributed by atoms with Crippen LogP contribution in [0.2, 0.25) is 0 Å². The van der Waals surface area contributed by atoms with Gasteiger partial charge >= 0.3 is 0 Å². The highest BCUT2D eigenvalue weighted by atomic mass is 16.1. The minimum absolute atomic E-state index is 0.448. The summed E-state index contributed by atoms with van der Waals surface area (Å²) in [6, 6.07) is 0. The number of allylic oxidation sites excluding steroid dienone is 2. The average Bonchev–Trinajstić information content (AvgIpc) is 2.04. The molecule has 1 fully saturated rings. The molecule has 0 spiro atoms. The standard InChI is InChI=1S/C11H16O/c1-8-4-2-5-9-6-3-7-10(12)11(8)9/h9H,2-7H2,1H3. The monoisotopic (exact) mass is 164 g/mol. The summed E-state index contributed by atoms with van der Waals surface area (Å²) in [5, 5.41) is 0. The molecule has 0 heterocycles. The summed E-state index contributed by atoms with van der Waals surface area (Å²) in [4.78, 5) is 11.6. The summed E-state index contributed by atoms with van der Waals surface area (Å²) in [7, 11) is 0. The highest BCUT2D eigenvalue weighted by Gasteiger charge is 2.29. The molecule has 1 heteroatoms. The minimum Gasteiger partial charge on any atom is -0.295 e. The Balaban J connectivity index is 2.32. The second-order valence-electron chi connectivity index (χ2n) is 4.10. The van der Waals surface area contributed by atoms with Crippen molar-refractivity contribution in [1.29, 1.82) is 0 Å². The Bertz CT molecular complexity index is 237. The second-order valence-corrected chi connectivity index (χ2v) is 4.10. The molecule has 0 aromatic rings.